The Morgan fingerprint density at radius 3 is 2.48 bits per heavy atom. The van der Waals surface area contributed by atoms with Crippen molar-refractivity contribution < 1.29 is 13.2 Å². The molecule has 2 nitrogen and oxygen atoms in total. The first-order chi connectivity index (χ1) is 10.9. The normalized spacial score (nSPS) is 11.4. The number of aromatic nitrogens is 2. The van der Waals surface area contributed by atoms with Crippen LogP contribution >= 0.6 is 11.3 Å². The molecule has 0 aliphatic rings. The number of hydrogen-bond donors (Lipinski definition) is 0. The van der Waals surface area contributed by atoms with Crippen molar-refractivity contribution in [2.75, 3.05) is 0 Å². The van der Waals surface area contributed by atoms with Crippen molar-refractivity contribution in [3.05, 3.63) is 57.1 Å². The molecule has 120 valence electrons. The van der Waals surface area contributed by atoms with Crippen LogP contribution in [0.3, 0.4) is 0 Å². The molecule has 3 aromatic rings. The van der Waals surface area contributed by atoms with Gasteiger partial charge in [-0.1, -0.05) is 6.92 Å². The van der Waals surface area contributed by atoms with E-state index in [1.54, 1.807) is 0 Å². The Morgan fingerprint density at radius 1 is 1.04 bits per heavy atom. The third-order valence-corrected chi connectivity index (χ3v) is 4.88. The van der Waals surface area contributed by atoms with Crippen LogP contribution in [0.25, 0.3) is 10.2 Å². The number of hydrogen-bond acceptors (Lipinski definition) is 3. The number of aryl methyl sites for hydroxylation is 3. The Morgan fingerprint density at radius 2 is 1.78 bits per heavy atom. The number of halogens is 3. The van der Waals surface area contributed by atoms with E-state index in [9.17, 15) is 13.2 Å². The first-order valence-corrected chi connectivity index (χ1v) is 8.11. The van der Waals surface area contributed by atoms with Gasteiger partial charge in [-0.3, -0.25) is 4.98 Å². The lowest BCUT2D eigenvalue weighted by atomic mass is 10.0. The fraction of sp³-hybridized carbons (Fsp3) is 0.294. The molecule has 0 atom stereocenters. The van der Waals surface area contributed by atoms with Crippen LogP contribution in [0.1, 0.15) is 34.4 Å². The maximum atomic E-state index is 13.8. The minimum Gasteiger partial charge on any atom is -0.258 e. The average molecular weight is 336 g/mol. The number of nitrogens with zero attached hydrogens (tertiary/aromatic N) is 2. The molecule has 0 aliphatic heterocycles. The lowest BCUT2D eigenvalue weighted by molar-refractivity contribution is 0.504. The number of pyridine rings is 1. The zero-order valence-corrected chi connectivity index (χ0v) is 13.8. The summed E-state index contributed by atoms with van der Waals surface area (Å²) in [5, 5.41) is 0.548. The molecule has 0 saturated heterocycles. The lowest BCUT2D eigenvalue weighted by Crippen LogP contribution is -2.02. The van der Waals surface area contributed by atoms with Gasteiger partial charge in [-0.25, -0.2) is 18.2 Å². The summed E-state index contributed by atoms with van der Waals surface area (Å²) < 4.78 is 41.0. The summed E-state index contributed by atoms with van der Waals surface area (Å²) >= 11 is 1.05. The van der Waals surface area contributed by atoms with Gasteiger partial charge in [0.05, 0.1) is 9.71 Å². The third kappa shape index (κ3) is 2.83. The van der Waals surface area contributed by atoms with Gasteiger partial charge in [0, 0.05) is 23.9 Å². The Labute approximate surface area is 136 Å². The predicted molar refractivity (Wildman–Crippen MR) is 85.4 cm³/mol. The molecule has 0 radical (unpaired) electrons. The fourth-order valence-corrected chi connectivity index (χ4v) is 3.73. The summed E-state index contributed by atoms with van der Waals surface area (Å²) in [4.78, 5) is 8.55. The summed E-state index contributed by atoms with van der Waals surface area (Å²) in [5.74, 6) is -3.09. The zero-order chi connectivity index (χ0) is 16.7. The van der Waals surface area contributed by atoms with Gasteiger partial charge in [-0.05, 0) is 37.5 Å². The summed E-state index contributed by atoms with van der Waals surface area (Å²) in [6, 6.07) is 2.58. The van der Waals surface area contributed by atoms with Gasteiger partial charge in [0.15, 0.2) is 11.6 Å². The minimum absolute atomic E-state index is 0.0506. The SMILES string of the molecule is CCc1cc(C)nc(C)c1Cc1nc2c(F)c(F)cc(F)c2s1. The van der Waals surface area contributed by atoms with E-state index >= 15 is 0 Å². The van der Waals surface area contributed by atoms with Crippen molar-refractivity contribution >= 4 is 21.6 Å². The molecule has 2 aromatic heterocycles. The summed E-state index contributed by atoms with van der Waals surface area (Å²) in [6.07, 6.45) is 1.27. The molecule has 0 unspecified atom stereocenters. The highest BCUT2D eigenvalue weighted by molar-refractivity contribution is 7.18. The maximum Gasteiger partial charge on any atom is 0.186 e. The molecular formula is C17H15F3N2S. The number of benzene rings is 1. The van der Waals surface area contributed by atoms with E-state index in [0.29, 0.717) is 17.5 Å². The van der Waals surface area contributed by atoms with Crippen molar-refractivity contribution in [2.45, 2.75) is 33.6 Å². The van der Waals surface area contributed by atoms with Gasteiger partial charge >= 0.3 is 0 Å². The quantitative estimate of drug-likeness (QED) is 0.637. The molecule has 0 fully saturated rings. The van der Waals surface area contributed by atoms with Gasteiger partial charge < -0.3 is 0 Å². The number of thiazole rings is 1. The van der Waals surface area contributed by atoms with Crippen LogP contribution in [0.15, 0.2) is 12.1 Å². The maximum absolute atomic E-state index is 13.8. The van der Waals surface area contributed by atoms with Crippen molar-refractivity contribution in [1.82, 2.24) is 9.97 Å². The Kier molecular flexibility index (Phi) is 4.10. The van der Waals surface area contributed by atoms with Crippen LogP contribution in [-0.4, -0.2) is 9.97 Å². The second-order valence-electron chi connectivity index (χ2n) is 5.46. The Hall–Kier alpha value is -1.95. The average Bonchev–Trinajstić information content (AvgIpc) is 2.92. The van der Waals surface area contributed by atoms with Crippen molar-refractivity contribution in [1.29, 1.82) is 0 Å². The van der Waals surface area contributed by atoms with Crippen LogP contribution in [0.5, 0.6) is 0 Å². The van der Waals surface area contributed by atoms with Gasteiger partial charge in [-0.2, -0.15) is 0 Å². The summed E-state index contributed by atoms with van der Waals surface area (Å²) in [7, 11) is 0. The largest absolute Gasteiger partial charge is 0.258 e. The van der Waals surface area contributed by atoms with E-state index in [2.05, 4.69) is 9.97 Å². The molecule has 0 bridgehead atoms. The molecule has 0 spiro atoms. The predicted octanol–water partition coefficient (Wildman–Crippen LogP) is 4.88. The second kappa shape index (κ2) is 5.92. The summed E-state index contributed by atoms with van der Waals surface area (Å²) in [6.45, 7) is 5.89. The molecule has 2 heterocycles. The monoisotopic (exact) mass is 336 g/mol. The smallest absolute Gasteiger partial charge is 0.186 e. The van der Waals surface area contributed by atoms with Gasteiger partial charge in [0.2, 0.25) is 0 Å². The molecule has 1 aromatic carbocycles. The molecule has 0 N–H and O–H groups in total. The van der Waals surface area contributed by atoms with Crippen LogP contribution in [0.4, 0.5) is 13.2 Å². The van der Waals surface area contributed by atoms with Crippen molar-refractivity contribution in [2.24, 2.45) is 0 Å². The number of rotatable bonds is 3. The minimum atomic E-state index is -1.21. The lowest BCUT2D eigenvalue weighted by Gasteiger charge is -2.10. The topological polar surface area (TPSA) is 25.8 Å². The highest BCUT2D eigenvalue weighted by atomic mass is 32.1. The molecule has 23 heavy (non-hydrogen) atoms. The number of fused-ring (bicyclic) bond motifs is 1. The molecular weight excluding hydrogens is 321 g/mol. The van der Waals surface area contributed by atoms with E-state index in [0.717, 1.165) is 40.3 Å². The molecule has 3 rings (SSSR count). The first kappa shape index (κ1) is 15.9. The Balaban J connectivity index is 2.10. The van der Waals surface area contributed by atoms with Crippen LogP contribution in [-0.2, 0) is 12.8 Å². The second-order valence-corrected chi connectivity index (χ2v) is 6.54. The van der Waals surface area contributed by atoms with Crippen molar-refractivity contribution in [3.63, 3.8) is 0 Å². The molecule has 0 saturated carbocycles. The van der Waals surface area contributed by atoms with Crippen LogP contribution < -0.4 is 0 Å². The Bertz CT molecular complexity index is 903. The van der Waals surface area contributed by atoms with E-state index in [4.69, 9.17) is 0 Å². The van der Waals surface area contributed by atoms with Gasteiger partial charge in [0.1, 0.15) is 11.3 Å². The van der Waals surface area contributed by atoms with E-state index < -0.39 is 17.5 Å². The molecule has 6 heteroatoms. The molecule has 0 aliphatic carbocycles. The highest BCUT2D eigenvalue weighted by Crippen LogP contribution is 2.31. The summed E-state index contributed by atoms with van der Waals surface area (Å²) in [5.41, 5.74) is 3.73. The third-order valence-electron chi connectivity index (χ3n) is 3.82. The first-order valence-electron chi connectivity index (χ1n) is 7.29. The van der Waals surface area contributed by atoms with E-state index in [1.165, 1.54) is 0 Å². The van der Waals surface area contributed by atoms with Gasteiger partial charge in [-0.15, -0.1) is 11.3 Å². The fourth-order valence-electron chi connectivity index (χ4n) is 2.75. The van der Waals surface area contributed by atoms with Gasteiger partial charge in [0.25, 0.3) is 0 Å². The van der Waals surface area contributed by atoms with E-state index in [-0.39, 0.29) is 10.2 Å². The van der Waals surface area contributed by atoms with E-state index in [1.807, 2.05) is 26.8 Å². The standard InChI is InChI=1S/C17H15F3N2S/c1-4-10-5-8(2)21-9(3)11(10)6-14-22-16-15(20)12(18)7-13(19)17(16)23-14/h5,7H,4,6H2,1-3H3. The molecule has 0 amide bonds. The highest BCUT2D eigenvalue weighted by Gasteiger charge is 2.18. The van der Waals surface area contributed by atoms with Crippen LogP contribution in [0, 0.1) is 31.3 Å². The van der Waals surface area contributed by atoms with Crippen LogP contribution in [0.2, 0.25) is 0 Å². The van der Waals surface area contributed by atoms with Crippen molar-refractivity contribution in [3.8, 4) is 0 Å². The zero-order valence-electron chi connectivity index (χ0n) is 13.0.